The Morgan fingerprint density at radius 3 is 2.36 bits per heavy atom. The molecule has 5 rings (SSSR count). The highest BCUT2D eigenvalue weighted by Crippen LogP contribution is 2.67. The first kappa shape index (κ1) is 15.8. The van der Waals surface area contributed by atoms with Crippen molar-refractivity contribution in [3.63, 3.8) is 0 Å². The van der Waals surface area contributed by atoms with Gasteiger partial charge in [-0.15, -0.1) is 0 Å². The lowest BCUT2D eigenvalue weighted by Gasteiger charge is -2.45. The second-order valence-corrected chi connectivity index (χ2v) is 8.06. The maximum atomic E-state index is 12.6. The Labute approximate surface area is 149 Å². The third kappa shape index (κ3) is 2.15. The Bertz CT molecular complexity index is 640. The molecule has 4 aliphatic rings. The Kier molecular flexibility index (Phi) is 3.66. The zero-order valence-corrected chi connectivity index (χ0v) is 14.6. The number of ether oxygens (including phenoxy) is 1. The summed E-state index contributed by atoms with van der Waals surface area (Å²) in [6.07, 6.45) is 3.68. The molecule has 2 N–H and O–H groups in total. The fourth-order valence-corrected chi connectivity index (χ4v) is 6.25. The Balaban J connectivity index is 1.43. The molecule has 3 saturated heterocycles. The number of rotatable bonds is 4. The number of hydrogen-bond acceptors (Lipinski definition) is 4. The first-order chi connectivity index (χ1) is 12.2. The van der Waals surface area contributed by atoms with Gasteiger partial charge in [-0.2, -0.15) is 0 Å². The third-order valence-electron chi connectivity index (χ3n) is 7.11. The number of amides is 1. The summed E-state index contributed by atoms with van der Waals surface area (Å²) in [5, 5.41) is 0. The number of morpholine rings is 1. The third-order valence-corrected chi connectivity index (χ3v) is 7.11. The van der Waals surface area contributed by atoms with Gasteiger partial charge in [0.2, 0.25) is 5.91 Å². The van der Waals surface area contributed by atoms with Gasteiger partial charge in [-0.05, 0) is 18.4 Å². The molecule has 3 aliphatic heterocycles. The highest BCUT2D eigenvalue weighted by Gasteiger charge is 2.80. The Morgan fingerprint density at radius 1 is 1.12 bits per heavy atom. The molecule has 1 saturated carbocycles. The van der Waals surface area contributed by atoms with E-state index in [9.17, 15) is 4.79 Å². The zero-order valence-electron chi connectivity index (χ0n) is 14.6. The fourth-order valence-electron chi connectivity index (χ4n) is 6.25. The van der Waals surface area contributed by atoms with Gasteiger partial charge in [0.1, 0.15) is 5.54 Å². The number of piperidine rings is 2. The topological polar surface area (TPSA) is 58.8 Å². The van der Waals surface area contributed by atoms with E-state index in [4.69, 9.17) is 10.5 Å². The lowest BCUT2D eigenvalue weighted by Crippen LogP contribution is -2.60. The minimum Gasteiger partial charge on any atom is -0.379 e. The maximum absolute atomic E-state index is 12.6. The molecule has 4 fully saturated rings. The largest absolute Gasteiger partial charge is 0.379 e. The number of nitrogens with two attached hydrogens (primary N) is 1. The quantitative estimate of drug-likeness (QED) is 0.895. The zero-order chi connectivity index (χ0) is 17.0. The van der Waals surface area contributed by atoms with Crippen LogP contribution < -0.4 is 5.73 Å². The van der Waals surface area contributed by atoms with E-state index in [0.717, 1.165) is 32.8 Å². The molecule has 134 valence electrons. The van der Waals surface area contributed by atoms with Crippen molar-refractivity contribution in [3.05, 3.63) is 35.9 Å². The molecule has 0 aromatic heterocycles. The first-order valence-corrected chi connectivity index (χ1v) is 9.67. The molecule has 25 heavy (non-hydrogen) atoms. The number of benzene rings is 1. The van der Waals surface area contributed by atoms with Crippen LogP contribution in [-0.2, 0) is 16.1 Å². The average molecular weight is 341 g/mol. The van der Waals surface area contributed by atoms with E-state index in [1.165, 1.54) is 24.8 Å². The van der Waals surface area contributed by atoms with E-state index >= 15 is 0 Å². The van der Waals surface area contributed by atoms with Crippen LogP contribution >= 0.6 is 0 Å². The molecule has 5 heteroatoms. The maximum Gasteiger partial charge on any atom is 0.238 e. The minimum absolute atomic E-state index is 0.0966. The van der Waals surface area contributed by atoms with E-state index in [-0.39, 0.29) is 5.91 Å². The lowest BCUT2D eigenvalue weighted by molar-refractivity contribution is -0.131. The van der Waals surface area contributed by atoms with Crippen LogP contribution in [0.15, 0.2) is 30.3 Å². The van der Waals surface area contributed by atoms with Gasteiger partial charge in [0.25, 0.3) is 0 Å². The molecule has 2 bridgehead atoms. The second kappa shape index (κ2) is 5.79. The highest BCUT2D eigenvalue weighted by molar-refractivity contribution is 5.90. The van der Waals surface area contributed by atoms with Crippen molar-refractivity contribution in [3.8, 4) is 0 Å². The summed E-state index contributed by atoms with van der Waals surface area (Å²) < 4.78 is 5.51. The predicted molar refractivity (Wildman–Crippen MR) is 94.7 cm³/mol. The van der Waals surface area contributed by atoms with E-state index in [0.29, 0.717) is 23.9 Å². The minimum atomic E-state index is -0.396. The van der Waals surface area contributed by atoms with Crippen molar-refractivity contribution in [1.29, 1.82) is 0 Å². The normalized spacial score (nSPS) is 40.6. The van der Waals surface area contributed by atoms with Crippen LogP contribution in [0, 0.1) is 11.8 Å². The molecule has 1 aliphatic carbocycles. The molecule has 1 aromatic carbocycles. The van der Waals surface area contributed by atoms with Crippen molar-refractivity contribution >= 4 is 5.91 Å². The molecule has 0 spiro atoms. The van der Waals surface area contributed by atoms with Gasteiger partial charge in [0.15, 0.2) is 0 Å². The van der Waals surface area contributed by atoms with Crippen LogP contribution in [0.1, 0.15) is 24.8 Å². The SMILES string of the molecule is NC(=O)C1(N2CCOCC2)[C@@H]2[C@H]1[C@H]1CCC[C@@H]2N1Cc1ccccc1. The van der Waals surface area contributed by atoms with Crippen LogP contribution in [0.3, 0.4) is 0 Å². The number of fused-ring (bicyclic) bond motifs is 5. The average Bonchev–Trinajstić information content (AvgIpc) is 3.30. The molecular weight excluding hydrogens is 314 g/mol. The summed E-state index contributed by atoms with van der Waals surface area (Å²) in [6.45, 7) is 4.12. The number of carbonyl (C=O) groups excluding carboxylic acids is 1. The Hall–Kier alpha value is -1.43. The van der Waals surface area contributed by atoms with Gasteiger partial charge in [-0.3, -0.25) is 14.6 Å². The van der Waals surface area contributed by atoms with Crippen molar-refractivity contribution in [1.82, 2.24) is 9.80 Å². The molecule has 5 nitrogen and oxygen atoms in total. The van der Waals surface area contributed by atoms with Crippen LogP contribution in [0.5, 0.6) is 0 Å². The highest BCUT2D eigenvalue weighted by atomic mass is 16.5. The van der Waals surface area contributed by atoms with E-state index < -0.39 is 5.54 Å². The second-order valence-electron chi connectivity index (χ2n) is 8.06. The molecule has 5 atom stereocenters. The molecular formula is C20H27N3O2. The van der Waals surface area contributed by atoms with Crippen LogP contribution in [0.25, 0.3) is 0 Å². The lowest BCUT2D eigenvalue weighted by atomic mass is 9.89. The van der Waals surface area contributed by atoms with Gasteiger partial charge >= 0.3 is 0 Å². The number of hydrogen-bond donors (Lipinski definition) is 1. The standard InChI is InChI=1S/C20H27N3O2/c21-19(24)20(22-9-11-25-12-10-22)17-15-7-4-8-16(18(17)20)23(15)13-14-5-2-1-3-6-14/h1-3,5-6,15-18H,4,7-13H2,(H2,21,24)/t15-,16+,17-,18+,20?. The van der Waals surface area contributed by atoms with E-state index in [1.807, 2.05) is 0 Å². The van der Waals surface area contributed by atoms with Crippen LogP contribution in [-0.4, -0.2) is 59.6 Å². The number of carbonyl (C=O) groups is 1. The Morgan fingerprint density at radius 2 is 1.76 bits per heavy atom. The molecule has 1 aromatic rings. The van der Waals surface area contributed by atoms with Gasteiger partial charge in [-0.25, -0.2) is 0 Å². The van der Waals surface area contributed by atoms with Crippen LogP contribution in [0.4, 0.5) is 0 Å². The van der Waals surface area contributed by atoms with Crippen molar-refractivity contribution in [2.45, 2.75) is 43.4 Å². The summed E-state index contributed by atoms with van der Waals surface area (Å²) >= 11 is 0. The summed E-state index contributed by atoms with van der Waals surface area (Å²) in [5.74, 6) is 0.735. The van der Waals surface area contributed by atoms with Crippen molar-refractivity contribution in [2.24, 2.45) is 17.6 Å². The number of primary amides is 1. The van der Waals surface area contributed by atoms with E-state index in [1.54, 1.807) is 0 Å². The smallest absolute Gasteiger partial charge is 0.238 e. The fraction of sp³-hybridized carbons (Fsp3) is 0.650. The van der Waals surface area contributed by atoms with Crippen molar-refractivity contribution < 1.29 is 9.53 Å². The van der Waals surface area contributed by atoms with Gasteiger partial charge in [0.05, 0.1) is 13.2 Å². The first-order valence-electron chi connectivity index (χ1n) is 9.67. The van der Waals surface area contributed by atoms with E-state index in [2.05, 4.69) is 40.1 Å². The predicted octanol–water partition coefficient (Wildman–Crippen LogP) is 1.23. The van der Waals surface area contributed by atoms with Gasteiger partial charge < -0.3 is 10.5 Å². The summed E-state index contributed by atoms with van der Waals surface area (Å²) in [6, 6.07) is 11.7. The molecule has 1 unspecified atom stereocenters. The summed E-state index contributed by atoms with van der Waals surface area (Å²) in [5.41, 5.74) is 6.99. The molecule has 0 radical (unpaired) electrons. The van der Waals surface area contributed by atoms with Crippen molar-refractivity contribution in [2.75, 3.05) is 26.3 Å². The molecule has 3 heterocycles. The van der Waals surface area contributed by atoms with Gasteiger partial charge in [-0.1, -0.05) is 36.8 Å². The number of nitrogens with zero attached hydrogens (tertiary/aromatic N) is 2. The summed E-state index contributed by atoms with van der Waals surface area (Å²) in [4.78, 5) is 17.7. The summed E-state index contributed by atoms with van der Waals surface area (Å²) in [7, 11) is 0. The molecule has 1 amide bonds. The van der Waals surface area contributed by atoms with Crippen LogP contribution in [0.2, 0.25) is 0 Å². The monoisotopic (exact) mass is 341 g/mol. The van der Waals surface area contributed by atoms with Gasteiger partial charge in [0, 0.05) is 43.6 Å².